The van der Waals surface area contributed by atoms with Crippen molar-refractivity contribution in [1.82, 2.24) is 29.9 Å². The van der Waals surface area contributed by atoms with Gasteiger partial charge in [0.25, 0.3) is 0 Å². The van der Waals surface area contributed by atoms with E-state index in [2.05, 4.69) is 124 Å². The molecule has 0 aliphatic heterocycles. The topological polar surface area (TPSA) is 101 Å². The summed E-state index contributed by atoms with van der Waals surface area (Å²) in [4.78, 5) is 31.1. The average Bonchev–Trinajstić information content (AvgIpc) is 2.74. The molecule has 1 spiro atoms. The van der Waals surface area contributed by atoms with Crippen LogP contribution in [0.3, 0.4) is 0 Å². The van der Waals surface area contributed by atoms with E-state index in [9.17, 15) is 5.26 Å². The largest absolute Gasteiger partial charge is 0.208 e. The minimum Gasteiger partial charge on any atom is -0.208 e. The lowest BCUT2D eigenvalue weighted by Crippen LogP contribution is -2.55. The van der Waals surface area contributed by atoms with Gasteiger partial charge in [0.1, 0.15) is 0 Å². The Balaban J connectivity index is 0.899. The summed E-state index contributed by atoms with van der Waals surface area (Å²) < 4.78 is 0. The molecule has 0 unspecified atom stereocenters. The molecular formula is C75H59N7. The minimum atomic E-state index is -0.0948. The van der Waals surface area contributed by atoms with E-state index in [-0.39, 0.29) is 10.8 Å². The summed E-state index contributed by atoms with van der Waals surface area (Å²) in [6, 6.07) is 79.4. The third-order valence-electron chi connectivity index (χ3n) is 18.4. The van der Waals surface area contributed by atoms with Crippen LogP contribution in [-0.4, -0.2) is 29.9 Å². The van der Waals surface area contributed by atoms with Gasteiger partial charge in [0.15, 0.2) is 34.9 Å². The highest BCUT2D eigenvalue weighted by molar-refractivity contribution is 5.92. The van der Waals surface area contributed by atoms with E-state index in [1.54, 1.807) is 0 Å². The average molecular weight is 1060 g/mol. The molecule has 0 radical (unpaired) electrons. The summed E-state index contributed by atoms with van der Waals surface area (Å²) in [5.74, 6) is 6.51. The molecule has 394 valence electrons. The number of nitriles is 1. The predicted octanol–water partition coefficient (Wildman–Crippen LogP) is 18.0. The van der Waals surface area contributed by atoms with Crippen LogP contribution < -0.4 is 0 Å². The normalized spacial score (nSPS) is 19.2. The van der Waals surface area contributed by atoms with Gasteiger partial charge >= 0.3 is 0 Å². The van der Waals surface area contributed by atoms with E-state index < -0.39 is 0 Å². The van der Waals surface area contributed by atoms with Gasteiger partial charge in [0.2, 0.25) is 0 Å². The lowest BCUT2D eigenvalue weighted by Gasteiger charge is -2.61. The molecule has 4 fully saturated rings. The van der Waals surface area contributed by atoms with Crippen molar-refractivity contribution in [1.29, 1.82) is 5.26 Å². The van der Waals surface area contributed by atoms with Crippen LogP contribution >= 0.6 is 0 Å². The van der Waals surface area contributed by atoms with E-state index in [0.717, 1.165) is 73.0 Å². The minimum absolute atomic E-state index is 0.0916. The summed E-state index contributed by atoms with van der Waals surface area (Å²) in [6.07, 6.45) is 6.51. The van der Waals surface area contributed by atoms with E-state index in [1.807, 2.05) is 121 Å². The first-order valence-electron chi connectivity index (χ1n) is 29.0. The second-order valence-corrected chi connectivity index (χ2v) is 24.2. The van der Waals surface area contributed by atoms with Gasteiger partial charge in [-0.15, -0.1) is 0 Å². The van der Waals surface area contributed by atoms with Gasteiger partial charge in [0, 0.05) is 38.8 Å². The fourth-order valence-electron chi connectivity index (χ4n) is 14.7. The van der Waals surface area contributed by atoms with E-state index >= 15 is 0 Å². The van der Waals surface area contributed by atoms with Gasteiger partial charge in [-0.3, -0.25) is 0 Å². The Bertz CT molecular complexity index is 4170. The first-order valence-corrected chi connectivity index (χ1v) is 29.0. The number of benzene rings is 9. The van der Waals surface area contributed by atoms with Crippen molar-refractivity contribution in [3.05, 3.63) is 241 Å². The van der Waals surface area contributed by atoms with Gasteiger partial charge in [0.05, 0.1) is 11.6 Å². The van der Waals surface area contributed by atoms with Gasteiger partial charge in [-0.25, -0.2) is 29.9 Å². The number of fused-ring (bicyclic) bond motifs is 3. The number of rotatable bonds is 9. The quantitative estimate of drug-likeness (QED) is 0.142. The van der Waals surface area contributed by atoms with Crippen molar-refractivity contribution in [3.8, 4) is 119 Å². The predicted molar refractivity (Wildman–Crippen MR) is 329 cm³/mol. The third kappa shape index (κ3) is 8.47. The summed E-state index contributed by atoms with van der Waals surface area (Å²) in [6.45, 7) is 6.90. The third-order valence-corrected chi connectivity index (χ3v) is 18.4. The van der Waals surface area contributed by atoms with Gasteiger partial charge in [-0.2, -0.15) is 5.26 Å². The highest BCUT2D eigenvalue weighted by Gasteiger charge is 2.61. The Labute approximate surface area is 479 Å². The Kier molecular flexibility index (Phi) is 11.9. The smallest absolute Gasteiger partial charge is 0.164 e. The number of hydrogen-bond donors (Lipinski definition) is 0. The maximum Gasteiger partial charge on any atom is 0.164 e. The summed E-state index contributed by atoms with van der Waals surface area (Å²) in [7, 11) is 0. The molecule has 0 atom stereocenters. The van der Waals surface area contributed by atoms with Gasteiger partial charge < -0.3 is 0 Å². The second-order valence-electron chi connectivity index (χ2n) is 24.2. The van der Waals surface area contributed by atoms with Crippen molar-refractivity contribution >= 4 is 0 Å². The molecule has 7 heteroatoms. The van der Waals surface area contributed by atoms with Crippen molar-refractivity contribution in [3.63, 3.8) is 0 Å². The zero-order valence-electron chi connectivity index (χ0n) is 46.3. The highest BCUT2D eigenvalue weighted by Crippen LogP contribution is 2.70. The van der Waals surface area contributed by atoms with Crippen molar-refractivity contribution in [2.45, 2.75) is 63.7 Å². The van der Waals surface area contributed by atoms with Crippen LogP contribution in [0, 0.1) is 35.0 Å². The fraction of sp³-hybridized carbons (Fsp3) is 0.187. The maximum absolute atomic E-state index is 9.89. The van der Waals surface area contributed by atoms with Crippen molar-refractivity contribution in [2.75, 3.05) is 0 Å². The molecule has 5 aliphatic rings. The molecule has 82 heavy (non-hydrogen) atoms. The van der Waals surface area contributed by atoms with Crippen molar-refractivity contribution < 1.29 is 0 Å². The second kappa shape index (κ2) is 19.6. The summed E-state index contributed by atoms with van der Waals surface area (Å²) in [5.41, 5.74) is 19.5. The Morgan fingerprint density at radius 3 is 1.22 bits per heavy atom. The number of nitrogens with zero attached hydrogens (tertiary/aromatic N) is 7. The lowest BCUT2D eigenvalue weighted by atomic mass is 9.43. The van der Waals surface area contributed by atoms with Crippen molar-refractivity contribution in [2.24, 2.45) is 23.7 Å². The molecule has 7 nitrogen and oxygen atoms in total. The molecule has 11 aromatic rings. The maximum atomic E-state index is 9.89. The van der Waals surface area contributed by atoms with Gasteiger partial charge in [-0.1, -0.05) is 197 Å². The Hall–Kier alpha value is -9.51. The molecule has 4 saturated carbocycles. The van der Waals surface area contributed by atoms with Gasteiger partial charge in [-0.05, 0) is 165 Å². The monoisotopic (exact) mass is 1060 g/mol. The number of aromatic nitrogens is 6. The molecule has 16 rings (SSSR count). The summed E-state index contributed by atoms with van der Waals surface area (Å²) in [5, 5.41) is 9.89. The standard InChI is InChI=1S/C75H59N7/c1-74(2,3)57-31-34-62(73-81-70(52-20-12-6-13-21-52)78-71(82-73)53-22-14-7-15-23-53)64(44-57)56-29-32-60-65-42-55(30-35-66(65)75(67(60)43-56)58-37-47-36-48(39-58)40-59(75)38-47)54-28-33-61(63(41-54)49-26-24-46(45-76)25-27-49)72-79-68(50-16-8-4-9-17-50)77-69(80-72)51-18-10-5-11-19-51/h4-35,41-44,47-48,58-59H,36-40H2,1-3H3. The lowest BCUT2D eigenvalue weighted by molar-refractivity contribution is -0.0399. The summed E-state index contributed by atoms with van der Waals surface area (Å²) >= 11 is 0. The van der Waals surface area contributed by atoms with Crippen LogP contribution in [0.15, 0.2) is 218 Å². The van der Waals surface area contributed by atoms with Crippen LogP contribution in [0.25, 0.3) is 113 Å². The molecule has 0 amide bonds. The SMILES string of the molecule is CC(C)(C)c1ccc(-c2nc(-c3ccccc3)nc(-c3ccccc3)n2)c(-c2ccc3c(c2)C2(c4ccc(-c5ccc(-c6nc(-c7ccccc7)nc(-c7ccccc7)n6)c(-c6ccc(C#N)cc6)c5)cc4-3)C3CC4CC(C3)CC2C4)c1. The van der Waals surface area contributed by atoms with Crippen LogP contribution in [-0.2, 0) is 10.8 Å². The first kappa shape index (κ1) is 49.5. The fourth-order valence-corrected chi connectivity index (χ4v) is 14.7. The molecular weight excluding hydrogens is 999 g/mol. The zero-order chi connectivity index (χ0) is 55.1. The number of hydrogen-bond acceptors (Lipinski definition) is 7. The van der Waals surface area contributed by atoms with E-state index in [0.29, 0.717) is 52.3 Å². The Morgan fingerprint density at radius 1 is 0.341 bits per heavy atom. The molecule has 9 aromatic carbocycles. The Morgan fingerprint density at radius 2 is 0.744 bits per heavy atom. The molecule has 5 aliphatic carbocycles. The zero-order valence-corrected chi connectivity index (χ0v) is 46.3. The molecule has 2 heterocycles. The van der Waals surface area contributed by atoms with Crippen LogP contribution in [0.4, 0.5) is 0 Å². The molecule has 0 N–H and O–H groups in total. The highest BCUT2D eigenvalue weighted by atomic mass is 15.0. The van der Waals surface area contributed by atoms with Crippen LogP contribution in [0.1, 0.15) is 75.1 Å². The van der Waals surface area contributed by atoms with E-state index in [4.69, 9.17) is 29.9 Å². The van der Waals surface area contributed by atoms with E-state index in [1.165, 1.54) is 65.5 Å². The van der Waals surface area contributed by atoms with Crippen LogP contribution in [0.5, 0.6) is 0 Å². The first-order chi connectivity index (χ1) is 40.1. The molecule has 4 bridgehead atoms. The van der Waals surface area contributed by atoms with Crippen LogP contribution in [0.2, 0.25) is 0 Å². The molecule has 0 saturated heterocycles. The molecule has 2 aromatic heterocycles.